The van der Waals surface area contributed by atoms with Gasteiger partial charge in [-0.15, -0.1) is 0 Å². The van der Waals surface area contributed by atoms with Crippen LogP contribution in [0.5, 0.6) is 0 Å². The van der Waals surface area contributed by atoms with E-state index < -0.39 is 22.5 Å². The summed E-state index contributed by atoms with van der Waals surface area (Å²) in [4.78, 5) is 18.9. The third-order valence-electron chi connectivity index (χ3n) is 5.46. The lowest BCUT2D eigenvalue weighted by molar-refractivity contribution is -0.118. The fourth-order valence-corrected chi connectivity index (χ4v) is 5.47. The van der Waals surface area contributed by atoms with Gasteiger partial charge >= 0.3 is 0 Å². The maximum atomic E-state index is 11.5. The largest absolute Gasteiger partial charge is 0.370 e. The Labute approximate surface area is 177 Å². The summed E-state index contributed by atoms with van der Waals surface area (Å²) < 4.78 is 21.3. The number of rotatable bonds is 4. The molecule has 2 aromatic carbocycles. The van der Waals surface area contributed by atoms with Gasteiger partial charge in [-0.25, -0.2) is 4.98 Å². The van der Waals surface area contributed by atoms with E-state index in [0.29, 0.717) is 23.8 Å². The summed E-state index contributed by atoms with van der Waals surface area (Å²) in [7, 11) is -2.87. The first-order valence-electron chi connectivity index (χ1n) is 9.78. The first-order chi connectivity index (χ1) is 14.2. The second kappa shape index (κ2) is 7.88. The third kappa shape index (κ3) is 3.99. The zero-order valence-electron chi connectivity index (χ0n) is 16.8. The van der Waals surface area contributed by atoms with E-state index >= 15 is 0 Å². The topological polar surface area (TPSA) is 126 Å². The third-order valence-corrected chi connectivity index (χ3v) is 7.31. The van der Waals surface area contributed by atoms with E-state index in [0.717, 1.165) is 27.6 Å². The van der Waals surface area contributed by atoms with Crippen molar-refractivity contribution in [3.8, 4) is 0 Å². The summed E-state index contributed by atoms with van der Waals surface area (Å²) in [6, 6.07) is 14.7. The summed E-state index contributed by atoms with van der Waals surface area (Å²) in [5.74, 6) is 0.452. The zero-order valence-corrected chi connectivity index (χ0v) is 17.6. The molecule has 7 nitrogen and oxygen atoms in total. The molecule has 1 amide bonds. The summed E-state index contributed by atoms with van der Waals surface area (Å²) in [5, 5.41) is 0.895. The zero-order chi connectivity index (χ0) is 21.5. The highest BCUT2D eigenvalue weighted by atomic mass is 32.3. The normalized spacial score (nSPS) is 17.8. The fourth-order valence-electron chi connectivity index (χ4n) is 3.93. The van der Waals surface area contributed by atoms with Crippen LogP contribution in [0.4, 0.5) is 5.82 Å². The highest BCUT2D eigenvalue weighted by molar-refractivity contribution is 8.24. The van der Waals surface area contributed by atoms with Crippen LogP contribution in [-0.2, 0) is 11.3 Å². The molecular weight excluding hydrogens is 400 g/mol. The second-order valence-electron chi connectivity index (χ2n) is 7.77. The standard InChI is InChI=1S/C22H26N4O3S/c1-14-6-7-19-17(10-14)16(18(23)12-21(24)27)11-22(25-19)26-8-9-30(28,29)20-5-3-2-4-15(20)13-26/h2-7,10-11,18,28-29H,8-9,12-13,23H2,1H3,(H2,24,27). The molecule has 8 heteroatoms. The number of aromatic nitrogens is 1. The predicted molar refractivity (Wildman–Crippen MR) is 121 cm³/mol. The Morgan fingerprint density at radius 2 is 2.00 bits per heavy atom. The number of carbonyl (C=O) groups is 1. The number of aryl methyl sites for hydroxylation is 1. The van der Waals surface area contributed by atoms with Gasteiger partial charge in [0, 0.05) is 30.9 Å². The summed E-state index contributed by atoms with van der Waals surface area (Å²) in [5.41, 5.74) is 15.2. The molecule has 1 aliphatic heterocycles. The predicted octanol–water partition coefficient (Wildman–Crippen LogP) is 3.55. The number of amides is 1. The van der Waals surface area contributed by atoms with E-state index in [9.17, 15) is 13.9 Å². The number of primary amides is 1. The van der Waals surface area contributed by atoms with Crippen LogP contribution >= 0.6 is 10.6 Å². The van der Waals surface area contributed by atoms with Crippen molar-refractivity contribution in [3.05, 3.63) is 65.2 Å². The number of carbonyl (C=O) groups excluding carboxylic acids is 1. The van der Waals surface area contributed by atoms with Crippen LogP contribution in [0.15, 0.2) is 53.4 Å². The van der Waals surface area contributed by atoms with Crippen LogP contribution in [-0.4, -0.2) is 32.3 Å². The Morgan fingerprint density at radius 3 is 2.77 bits per heavy atom. The molecule has 6 N–H and O–H groups in total. The molecule has 0 aliphatic carbocycles. The lowest BCUT2D eigenvalue weighted by Crippen LogP contribution is -2.27. The van der Waals surface area contributed by atoms with Gasteiger partial charge in [0.05, 0.1) is 16.2 Å². The van der Waals surface area contributed by atoms with Gasteiger partial charge in [-0.1, -0.05) is 29.8 Å². The van der Waals surface area contributed by atoms with Crippen LogP contribution in [0.2, 0.25) is 0 Å². The second-order valence-corrected chi connectivity index (χ2v) is 9.95. The van der Waals surface area contributed by atoms with Gasteiger partial charge in [0.2, 0.25) is 5.91 Å². The van der Waals surface area contributed by atoms with Crippen LogP contribution in [0.1, 0.15) is 29.2 Å². The van der Waals surface area contributed by atoms with Crippen molar-refractivity contribution in [2.45, 2.75) is 30.8 Å². The number of anilines is 1. The average Bonchev–Trinajstić information content (AvgIpc) is 2.83. The summed E-state index contributed by atoms with van der Waals surface area (Å²) >= 11 is 0. The molecule has 0 radical (unpaired) electrons. The van der Waals surface area contributed by atoms with E-state index in [1.807, 2.05) is 54.3 Å². The van der Waals surface area contributed by atoms with E-state index in [4.69, 9.17) is 16.5 Å². The van der Waals surface area contributed by atoms with Crippen molar-refractivity contribution in [1.29, 1.82) is 0 Å². The molecule has 1 aromatic heterocycles. The fraction of sp³-hybridized carbons (Fsp3) is 0.273. The van der Waals surface area contributed by atoms with Crippen molar-refractivity contribution in [1.82, 2.24) is 4.98 Å². The molecule has 158 valence electrons. The van der Waals surface area contributed by atoms with E-state index in [1.54, 1.807) is 6.07 Å². The van der Waals surface area contributed by atoms with Crippen molar-refractivity contribution in [2.24, 2.45) is 11.5 Å². The van der Waals surface area contributed by atoms with E-state index in [2.05, 4.69) is 0 Å². The molecule has 0 bridgehead atoms. The number of nitrogens with zero attached hydrogens (tertiary/aromatic N) is 2. The molecular formula is C22H26N4O3S. The van der Waals surface area contributed by atoms with Crippen molar-refractivity contribution < 1.29 is 13.9 Å². The van der Waals surface area contributed by atoms with Gasteiger partial charge in [0.25, 0.3) is 0 Å². The first kappa shape index (κ1) is 20.6. The smallest absolute Gasteiger partial charge is 0.219 e. The Bertz CT molecular complexity index is 1120. The number of pyridine rings is 1. The molecule has 0 spiro atoms. The highest BCUT2D eigenvalue weighted by Crippen LogP contribution is 2.51. The summed E-state index contributed by atoms with van der Waals surface area (Å²) in [6.07, 6.45) is 0.0376. The first-order valence-corrected chi connectivity index (χ1v) is 11.5. The molecule has 4 rings (SSSR count). The number of hydrogen-bond donors (Lipinski definition) is 4. The molecule has 0 fully saturated rings. The molecule has 1 unspecified atom stereocenters. The van der Waals surface area contributed by atoms with Gasteiger partial charge in [-0.05, 0) is 42.3 Å². The SMILES string of the molecule is Cc1ccc2nc(N3CCS(O)(O)c4ccccc4C3)cc(C(N)CC(N)=O)c2c1. The van der Waals surface area contributed by atoms with Crippen molar-refractivity contribution >= 4 is 33.2 Å². The minimum atomic E-state index is -2.87. The molecule has 0 saturated heterocycles. The van der Waals surface area contributed by atoms with Crippen LogP contribution in [0, 0.1) is 6.92 Å². The minimum absolute atomic E-state index is 0.0376. The van der Waals surface area contributed by atoms with Crippen LogP contribution < -0.4 is 16.4 Å². The van der Waals surface area contributed by atoms with Crippen molar-refractivity contribution in [2.75, 3.05) is 17.2 Å². The van der Waals surface area contributed by atoms with Gasteiger partial charge in [0.15, 0.2) is 0 Å². The van der Waals surface area contributed by atoms with E-state index in [-0.39, 0.29) is 12.2 Å². The van der Waals surface area contributed by atoms with Gasteiger partial charge in [0.1, 0.15) is 5.82 Å². The Hall–Kier alpha value is -2.65. The molecule has 3 aromatic rings. The average molecular weight is 427 g/mol. The molecule has 30 heavy (non-hydrogen) atoms. The number of nitrogens with two attached hydrogens (primary N) is 2. The number of fused-ring (bicyclic) bond motifs is 2. The van der Waals surface area contributed by atoms with E-state index in [1.165, 1.54) is 0 Å². The van der Waals surface area contributed by atoms with Crippen LogP contribution in [0.3, 0.4) is 0 Å². The van der Waals surface area contributed by atoms with Gasteiger partial charge in [-0.3, -0.25) is 13.9 Å². The number of hydrogen-bond acceptors (Lipinski definition) is 6. The van der Waals surface area contributed by atoms with Gasteiger partial charge in [-0.2, -0.15) is 10.6 Å². The summed E-state index contributed by atoms with van der Waals surface area (Å²) in [6.45, 7) is 2.93. The molecule has 1 aliphatic rings. The molecule has 0 saturated carbocycles. The Kier molecular flexibility index (Phi) is 5.42. The molecule has 1 atom stereocenters. The van der Waals surface area contributed by atoms with Gasteiger partial charge < -0.3 is 16.4 Å². The Morgan fingerprint density at radius 1 is 1.23 bits per heavy atom. The highest BCUT2D eigenvalue weighted by Gasteiger charge is 2.27. The molecule has 2 heterocycles. The monoisotopic (exact) mass is 426 g/mol. The quantitative estimate of drug-likeness (QED) is 0.505. The minimum Gasteiger partial charge on any atom is -0.370 e. The Balaban J connectivity index is 1.81. The lowest BCUT2D eigenvalue weighted by atomic mass is 9.98. The maximum Gasteiger partial charge on any atom is 0.219 e. The van der Waals surface area contributed by atoms with Crippen LogP contribution in [0.25, 0.3) is 10.9 Å². The maximum absolute atomic E-state index is 11.5. The lowest BCUT2D eigenvalue weighted by Gasteiger charge is -2.32. The number of benzene rings is 2. The van der Waals surface area contributed by atoms with Crippen molar-refractivity contribution in [3.63, 3.8) is 0 Å².